The highest BCUT2D eigenvalue weighted by molar-refractivity contribution is 7.90. The zero-order valence-corrected chi connectivity index (χ0v) is 20.9. The molecule has 2 heterocycles. The number of hydrogen-bond donors (Lipinski definition) is 2. The van der Waals surface area contributed by atoms with Gasteiger partial charge in [-0.15, -0.1) is 0 Å². The van der Waals surface area contributed by atoms with Gasteiger partial charge in [0.1, 0.15) is 0 Å². The van der Waals surface area contributed by atoms with Gasteiger partial charge in [0.15, 0.2) is 0 Å². The van der Waals surface area contributed by atoms with Crippen molar-refractivity contribution in [2.45, 2.75) is 89.6 Å². The largest absolute Gasteiger partial charge is 0.481 e. The van der Waals surface area contributed by atoms with Crippen molar-refractivity contribution in [2.75, 3.05) is 6.61 Å². The molecule has 2 rings (SSSR count). The van der Waals surface area contributed by atoms with E-state index in [1.165, 1.54) is 0 Å². The molecular weight excluding hydrogens is 432 g/mol. The molecule has 5 nitrogen and oxygen atoms in total. The van der Waals surface area contributed by atoms with E-state index in [9.17, 15) is 23.4 Å². The fraction of sp³-hybridized carbons (Fsp3) is 0.708. The first kappa shape index (κ1) is 26.2. The van der Waals surface area contributed by atoms with Crippen molar-refractivity contribution in [2.24, 2.45) is 10.8 Å². The van der Waals surface area contributed by atoms with Crippen LogP contribution < -0.4 is 0 Å². The number of aliphatic hydroxyl groups excluding tert-OH is 1. The standard InChI is InChI=1S/C24H38O5S2/c1-23(2,17-25)15-5-7-18-9-11-20(30(18)28)13-14-21-12-10-19(31(21)29)8-6-16-24(3,4)22(26)27/h11-14,18-19,25H,5-10,15-17H2,1-4H3,(H,26,27). The van der Waals surface area contributed by atoms with E-state index in [1.807, 2.05) is 38.2 Å². The Kier molecular flexibility index (Phi) is 9.46. The molecule has 0 fully saturated rings. The Morgan fingerprint density at radius 1 is 0.968 bits per heavy atom. The molecule has 0 amide bonds. The maximum absolute atomic E-state index is 12.8. The van der Waals surface area contributed by atoms with Crippen molar-refractivity contribution in [3.8, 4) is 0 Å². The Labute approximate surface area is 192 Å². The Bertz CT molecular complexity index is 792. The van der Waals surface area contributed by atoms with Crippen LogP contribution in [0.5, 0.6) is 0 Å². The molecule has 7 heteroatoms. The lowest BCUT2D eigenvalue weighted by molar-refractivity contribution is -0.147. The van der Waals surface area contributed by atoms with E-state index in [0.717, 1.165) is 54.8 Å². The first-order valence-electron chi connectivity index (χ1n) is 11.2. The van der Waals surface area contributed by atoms with Crippen LogP contribution in [-0.2, 0) is 26.4 Å². The number of hydrogen-bond acceptors (Lipinski definition) is 4. The van der Waals surface area contributed by atoms with Crippen molar-refractivity contribution in [1.29, 1.82) is 0 Å². The third kappa shape index (κ3) is 7.50. The molecule has 4 unspecified atom stereocenters. The summed E-state index contributed by atoms with van der Waals surface area (Å²) in [5.74, 6) is -0.796. The lowest BCUT2D eigenvalue weighted by Crippen LogP contribution is -2.24. The highest BCUT2D eigenvalue weighted by Gasteiger charge is 2.30. The minimum atomic E-state index is -1.10. The lowest BCUT2D eigenvalue weighted by Gasteiger charge is -2.22. The zero-order valence-electron chi connectivity index (χ0n) is 19.3. The predicted octanol–water partition coefficient (Wildman–Crippen LogP) is 4.82. The van der Waals surface area contributed by atoms with Crippen molar-refractivity contribution in [1.82, 2.24) is 0 Å². The van der Waals surface area contributed by atoms with Crippen LogP contribution in [0.4, 0.5) is 0 Å². The molecule has 176 valence electrons. The molecule has 0 saturated carbocycles. The second-order valence-corrected chi connectivity index (χ2v) is 13.6. The fourth-order valence-corrected chi connectivity index (χ4v) is 6.87. The Balaban J connectivity index is 1.79. The van der Waals surface area contributed by atoms with Crippen LogP contribution in [-0.4, -0.2) is 41.7 Å². The normalized spacial score (nSPS) is 27.0. The van der Waals surface area contributed by atoms with Gasteiger partial charge in [-0.05, 0) is 69.9 Å². The Morgan fingerprint density at radius 3 is 1.84 bits per heavy atom. The molecule has 0 aliphatic carbocycles. The molecule has 4 atom stereocenters. The van der Waals surface area contributed by atoms with Crippen molar-refractivity contribution >= 4 is 27.6 Å². The fourth-order valence-electron chi connectivity index (χ4n) is 3.87. The Morgan fingerprint density at radius 2 is 1.42 bits per heavy atom. The SMILES string of the molecule is CC(C)(CO)CCCC1CC=C(C=CC2=CCC(CCCC(C)(C)C(=O)O)S2=O)S1=O. The summed E-state index contributed by atoms with van der Waals surface area (Å²) in [4.78, 5) is 12.8. The van der Waals surface area contributed by atoms with E-state index in [1.54, 1.807) is 13.8 Å². The average Bonchev–Trinajstić information content (AvgIpc) is 3.23. The summed E-state index contributed by atoms with van der Waals surface area (Å²) in [5.41, 5.74) is -0.838. The highest BCUT2D eigenvalue weighted by atomic mass is 32.2. The first-order valence-corrected chi connectivity index (χ1v) is 13.6. The maximum atomic E-state index is 12.8. The van der Waals surface area contributed by atoms with Crippen LogP contribution in [0.2, 0.25) is 0 Å². The van der Waals surface area contributed by atoms with Gasteiger partial charge in [0.25, 0.3) is 0 Å². The number of carbonyl (C=O) groups is 1. The van der Waals surface area contributed by atoms with Crippen molar-refractivity contribution < 1.29 is 23.4 Å². The van der Waals surface area contributed by atoms with Gasteiger partial charge >= 0.3 is 5.97 Å². The topological polar surface area (TPSA) is 91.7 Å². The molecule has 0 aromatic rings. The summed E-state index contributed by atoms with van der Waals surface area (Å²) in [6.45, 7) is 7.70. The van der Waals surface area contributed by atoms with Gasteiger partial charge in [-0.1, -0.05) is 38.8 Å². The van der Waals surface area contributed by atoms with Gasteiger partial charge < -0.3 is 10.2 Å². The molecule has 0 bridgehead atoms. The summed E-state index contributed by atoms with van der Waals surface area (Å²) in [6.07, 6.45) is 14.1. The lowest BCUT2D eigenvalue weighted by atomic mass is 9.87. The van der Waals surface area contributed by atoms with E-state index in [2.05, 4.69) is 0 Å². The minimum absolute atomic E-state index is 0.0370. The second-order valence-electron chi connectivity index (χ2n) is 10.2. The van der Waals surface area contributed by atoms with Crippen molar-refractivity contribution in [3.05, 3.63) is 34.1 Å². The summed E-state index contributed by atoms with van der Waals surface area (Å²) < 4.78 is 25.5. The van der Waals surface area contributed by atoms with E-state index < -0.39 is 33.0 Å². The number of carboxylic acids is 1. The van der Waals surface area contributed by atoms with Crippen LogP contribution in [0.3, 0.4) is 0 Å². The molecule has 0 aromatic heterocycles. The van der Waals surface area contributed by atoms with Gasteiger partial charge in [-0.2, -0.15) is 0 Å². The molecule has 0 radical (unpaired) electrons. The number of carboxylic acid groups (broad SMARTS) is 1. The predicted molar refractivity (Wildman–Crippen MR) is 128 cm³/mol. The maximum Gasteiger partial charge on any atom is 0.309 e. The first-order chi connectivity index (χ1) is 14.5. The number of allylic oxidation sites excluding steroid dienone is 4. The smallest absolute Gasteiger partial charge is 0.309 e. The third-order valence-corrected chi connectivity index (χ3v) is 9.96. The molecule has 2 aliphatic rings. The highest BCUT2D eigenvalue weighted by Crippen LogP contribution is 2.32. The van der Waals surface area contributed by atoms with Crippen molar-refractivity contribution in [3.63, 3.8) is 0 Å². The van der Waals surface area contributed by atoms with Gasteiger partial charge in [0.2, 0.25) is 0 Å². The quantitative estimate of drug-likeness (QED) is 0.426. The number of aliphatic carboxylic acids is 1. The van der Waals surface area contributed by atoms with Gasteiger partial charge in [0, 0.05) is 26.9 Å². The van der Waals surface area contributed by atoms with Crippen LogP contribution in [0.1, 0.15) is 79.1 Å². The van der Waals surface area contributed by atoms with Crippen LogP contribution in [0.25, 0.3) is 0 Å². The van der Waals surface area contributed by atoms with E-state index in [0.29, 0.717) is 6.42 Å². The number of aliphatic hydroxyl groups is 1. The molecule has 31 heavy (non-hydrogen) atoms. The Hall–Kier alpha value is -1.05. The van der Waals surface area contributed by atoms with Gasteiger partial charge in [-0.3, -0.25) is 13.2 Å². The molecule has 0 aromatic carbocycles. The minimum Gasteiger partial charge on any atom is -0.481 e. The summed E-state index contributed by atoms with van der Waals surface area (Å²) in [5, 5.41) is 18.7. The molecule has 0 saturated heterocycles. The van der Waals surface area contributed by atoms with Crippen LogP contribution >= 0.6 is 0 Å². The molecule has 2 aliphatic heterocycles. The van der Waals surface area contributed by atoms with E-state index in [-0.39, 0.29) is 22.5 Å². The van der Waals surface area contributed by atoms with Gasteiger partial charge in [0.05, 0.1) is 27.0 Å². The second kappa shape index (κ2) is 11.2. The van der Waals surface area contributed by atoms with Crippen LogP contribution in [0, 0.1) is 10.8 Å². The van der Waals surface area contributed by atoms with Gasteiger partial charge in [-0.25, -0.2) is 0 Å². The summed E-state index contributed by atoms with van der Waals surface area (Å²) in [6, 6.07) is 0. The monoisotopic (exact) mass is 470 g/mol. The van der Waals surface area contributed by atoms with E-state index in [4.69, 9.17) is 0 Å². The van der Waals surface area contributed by atoms with Crippen LogP contribution in [0.15, 0.2) is 34.1 Å². The number of rotatable bonds is 12. The summed E-state index contributed by atoms with van der Waals surface area (Å²) in [7, 11) is -2.13. The third-order valence-electron chi connectivity index (χ3n) is 6.36. The molecular formula is C24H38O5S2. The zero-order chi connectivity index (χ0) is 23.2. The van der Waals surface area contributed by atoms with E-state index >= 15 is 0 Å². The molecule has 0 spiro atoms. The summed E-state index contributed by atoms with van der Waals surface area (Å²) >= 11 is 0. The average molecular weight is 471 g/mol. The molecule has 2 N–H and O–H groups in total.